The molecule has 0 unspecified atom stereocenters. The maximum absolute atomic E-state index is 13.5. The standard InChI is InChI=1S/C16H12F3NS/c17-13-3-4-15(19)16(9-13)21-10-12-6-11(2-1-5-20)7-14(18)8-12/h3-4,6-9H,5,10,20H2. The molecular formula is C16H12F3NS. The van der Waals surface area contributed by atoms with Crippen LogP contribution in [0.25, 0.3) is 0 Å². The van der Waals surface area contributed by atoms with Crippen molar-refractivity contribution in [1.29, 1.82) is 0 Å². The van der Waals surface area contributed by atoms with Crippen molar-refractivity contribution in [2.45, 2.75) is 10.6 Å². The normalized spacial score (nSPS) is 10.1. The van der Waals surface area contributed by atoms with Crippen LogP contribution in [-0.4, -0.2) is 6.54 Å². The van der Waals surface area contributed by atoms with Gasteiger partial charge in [-0.3, -0.25) is 0 Å². The smallest absolute Gasteiger partial charge is 0.136 e. The van der Waals surface area contributed by atoms with Crippen LogP contribution in [0.4, 0.5) is 13.2 Å². The Balaban J connectivity index is 2.16. The molecule has 108 valence electrons. The van der Waals surface area contributed by atoms with Crippen molar-refractivity contribution < 1.29 is 13.2 Å². The van der Waals surface area contributed by atoms with Gasteiger partial charge in [-0.2, -0.15) is 0 Å². The first-order valence-corrected chi connectivity index (χ1v) is 7.13. The van der Waals surface area contributed by atoms with Crippen LogP contribution in [0.2, 0.25) is 0 Å². The Morgan fingerprint density at radius 2 is 1.81 bits per heavy atom. The molecule has 0 atom stereocenters. The fourth-order valence-corrected chi connectivity index (χ4v) is 2.60. The molecule has 0 fully saturated rings. The Hall–Kier alpha value is -1.90. The summed E-state index contributed by atoms with van der Waals surface area (Å²) in [7, 11) is 0. The van der Waals surface area contributed by atoms with Crippen LogP contribution in [0.3, 0.4) is 0 Å². The summed E-state index contributed by atoms with van der Waals surface area (Å²) in [4.78, 5) is 0.189. The first kappa shape index (κ1) is 15.5. The SMILES string of the molecule is NCC#Cc1cc(F)cc(CSc2cc(F)ccc2F)c1. The van der Waals surface area contributed by atoms with Crippen molar-refractivity contribution in [3.05, 3.63) is 65.0 Å². The van der Waals surface area contributed by atoms with E-state index in [9.17, 15) is 13.2 Å². The molecule has 2 aromatic carbocycles. The largest absolute Gasteiger partial charge is 0.320 e. The van der Waals surface area contributed by atoms with Gasteiger partial charge in [-0.15, -0.1) is 11.8 Å². The average molecular weight is 307 g/mol. The second kappa shape index (κ2) is 7.21. The van der Waals surface area contributed by atoms with Crippen LogP contribution in [0.1, 0.15) is 11.1 Å². The van der Waals surface area contributed by atoms with Gasteiger partial charge in [-0.1, -0.05) is 11.8 Å². The zero-order chi connectivity index (χ0) is 15.2. The van der Waals surface area contributed by atoms with E-state index in [0.29, 0.717) is 16.9 Å². The van der Waals surface area contributed by atoms with Crippen molar-refractivity contribution in [3.63, 3.8) is 0 Å². The van der Waals surface area contributed by atoms with Crippen LogP contribution in [0, 0.1) is 29.3 Å². The average Bonchev–Trinajstić information content (AvgIpc) is 2.45. The second-order valence-electron chi connectivity index (χ2n) is 4.22. The van der Waals surface area contributed by atoms with Gasteiger partial charge in [0.15, 0.2) is 0 Å². The van der Waals surface area contributed by atoms with E-state index in [2.05, 4.69) is 11.8 Å². The van der Waals surface area contributed by atoms with E-state index in [1.807, 2.05) is 0 Å². The van der Waals surface area contributed by atoms with Crippen LogP contribution in [0.5, 0.6) is 0 Å². The van der Waals surface area contributed by atoms with Crippen molar-refractivity contribution in [1.82, 2.24) is 0 Å². The summed E-state index contributed by atoms with van der Waals surface area (Å²) >= 11 is 1.10. The van der Waals surface area contributed by atoms with Crippen molar-refractivity contribution in [2.75, 3.05) is 6.54 Å². The Labute approximate surface area is 125 Å². The molecule has 0 amide bonds. The highest BCUT2D eigenvalue weighted by Crippen LogP contribution is 2.26. The van der Waals surface area contributed by atoms with Crippen LogP contribution < -0.4 is 5.73 Å². The monoisotopic (exact) mass is 307 g/mol. The highest BCUT2D eigenvalue weighted by atomic mass is 32.2. The maximum Gasteiger partial charge on any atom is 0.136 e. The molecule has 0 aliphatic heterocycles. The minimum absolute atomic E-state index is 0.189. The molecular weight excluding hydrogens is 295 g/mol. The quantitative estimate of drug-likeness (QED) is 0.691. The second-order valence-corrected chi connectivity index (χ2v) is 5.23. The number of rotatable bonds is 3. The predicted molar refractivity (Wildman–Crippen MR) is 78.3 cm³/mol. The Morgan fingerprint density at radius 3 is 2.57 bits per heavy atom. The molecule has 0 aliphatic carbocycles. The third kappa shape index (κ3) is 4.55. The van der Waals surface area contributed by atoms with Gasteiger partial charge in [0.2, 0.25) is 0 Å². The first-order valence-electron chi connectivity index (χ1n) is 6.15. The number of hydrogen-bond acceptors (Lipinski definition) is 2. The minimum atomic E-state index is -0.507. The Bertz CT molecular complexity index is 704. The fraction of sp³-hybridized carbons (Fsp3) is 0.125. The lowest BCUT2D eigenvalue weighted by Gasteiger charge is -2.05. The highest BCUT2D eigenvalue weighted by molar-refractivity contribution is 7.98. The lowest BCUT2D eigenvalue weighted by atomic mass is 10.1. The number of halogens is 3. The van der Waals surface area contributed by atoms with Gasteiger partial charge in [-0.05, 0) is 42.0 Å². The summed E-state index contributed by atoms with van der Waals surface area (Å²) in [5.41, 5.74) is 6.42. The molecule has 2 rings (SSSR count). The molecule has 0 saturated carbocycles. The van der Waals surface area contributed by atoms with E-state index >= 15 is 0 Å². The van der Waals surface area contributed by atoms with Crippen LogP contribution >= 0.6 is 11.8 Å². The van der Waals surface area contributed by atoms with Gasteiger partial charge in [0.05, 0.1) is 6.54 Å². The summed E-state index contributed by atoms with van der Waals surface area (Å²) < 4.78 is 40.1. The van der Waals surface area contributed by atoms with Crippen molar-refractivity contribution in [3.8, 4) is 11.8 Å². The first-order chi connectivity index (χ1) is 10.1. The summed E-state index contributed by atoms with van der Waals surface area (Å²) in [6.45, 7) is 0.190. The minimum Gasteiger partial charge on any atom is -0.320 e. The molecule has 0 radical (unpaired) electrons. The van der Waals surface area contributed by atoms with Crippen molar-refractivity contribution in [2.24, 2.45) is 5.73 Å². The number of hydrogen-bond donors (Lipinski definition) is 1. The lowest BCUT2D eigenvalue weighted by molar-refractivity contribution is 0.577. The van der Waals surface area contributed by atoms with Gasteiger partial charge in [-0.25, -0.2) is 13.2 Å². The summed E-state index contributed by atoms with van der Waals surface area (Å²) in [6, 6.07) is 7.60. The molecule has 5 heteroatoms. The lowest BCUT2D eigenvalue weighted by Crippen LogP contribution is -1.93. The highest BCUT2D eigenvalue weighted by Gasteiger charge is 2.06. The molecule has 2 aromatic rings. The van der Waals surface area contributed by atoms with Gasteiger partial charge >= 0.3 is 0 Å². The number of benzene rings is 2. The van der Waals surface area contributed by atoms with Crippen LogP contribution in [0.15, 0.2) is 41.3 Å². The fourth-order valence-electron chi connectivity index (χ4n) is 1.71. The molecule has 0 spiro atoms. The van der Waals surface area contributed by atoms with E-state index < -0.39 is 17.5 Å². The van der Waals surface area contributed by atoms with E-state index in [-0.39, 0.29) is 11.4 Å². The Morgan fingerprint density at radius 1 is 1.00 bits per heavy atom. The molecule has 2 N–H and O–H groups in total. The van der Waals surface area contributed by atoms with E-state index in [4.69, 9.17) is 5.73 Å². The molecule has 0 saturated heterocycles. The molecule has 0 aromatic heterocycles. The summed E-state index contributed by atoms with van der Waals surface area (Å²) in [6.07, 6.45) is 0. The molecule has 21 heavy (non-hydrogen) atoms. The molecule has 0 aliphatic rings. The number of nitrogens with two attached hydrogens (primary N) is 1. The van der Waals surface area contributed by atoms with Gasteiger partial charge in [0.25, 0.3) is 0 Å². The third-order valence-corrected chi connectivity index (χ3v) is 3.68. The summed E-state index contributed by atoms with van der Waals surface area (Å²) in [5, 5.41) is 0. The zero-order valence-electron chi connectivity index (χ0n) is 11.0. The van der Waals surface area contributed by atoms with E-state index in [1.165, 1.54) is 12.1 Å². The van der Waals surface area contributed by atoms with Gasteiger partial charge < -0.3 is 5.73 Å². The number of thioether (sulfide) groups is 1. The van der Waals surface area contributed by atoms with Gasteiger partial charge in [0, 0.05) is 16.2 Å². The molecule has 0 heterocycles. The summed E-state index contributed by atoms with van der Waals surface area (Å²) in [5.74, 6) is 4.28. The topological polar surface area (TPSA) is 26.0 Å². The zero-order valence-corrected chi connectivity index (χ0v) is 11.8. The maximum atomic E-state index is 13.5. The van der Waals surface area contributed by atoms with Crippen LogP contribution in [-0.2, 0) is 5.75 Å². The molecule has 0 bridgehead atoms. The van der Waals surface area contributed by atoms with E-state index in [1.54, 1.807) is 6.07 Å². The Kier molecular flexibility index (Phi) is 5.32. The molecule has 1 nitrogen and oxygen atoms in total. The van der Waals surface area contributed by atoms with Gasteiger partial charge in [0.1, 0.15) is 17.5 Å². The third-order valence-electron chi connectivity index (χ3n) is 2.58. The predicted octanol–water partition coefficient (Wildman–Crippen LogP) is 3.71. The van der Waals surface area contributed by atoms with E-state index in [0.717, 1.165) is 30.0 Å². The van der Waals surface area contributed by atoms with Crippen molar-refractivity contribution >= 4 is 11.8 Å².